The Hall–Kier alpha value is -2.05. The molecule has 0 radical (unpaired) electrons. The first kappa shape index (κ1) is 15.5. The van der Waals surface area contributed by atoms with E-state index in [0.29, 0.717) is 11.4 Å². The summed E-state index contributed by atoms with van der Waals surface area (Å²) >= 11 is 0. The zero-order valence-electron chi connectivity index (χ0n) is 14.1. The lowest BCUT2D eigenvalue weighted by Crippen LogP contribution is -2.59. The largest absolute Gasteiger partial charge is 0.309 e. The molecule has 126 valence electrons. The number of hydrogen-bond acceptors (Lipinski definition) is 6. The number of aromatic nitrogens is 3. The predicted molar refractivity (Wildman–Crippen MR) is 94.0 cm³/mol. The van der Waals surface area contributed by atoms with Gasteiger partial charge in [0, 0.05) is 38.2 Å². The van der Waals surface area contributed by atoms with Crippen molar-refractivity contribution in [3.8, 4) is 0 Å². The van der Waals surface area contributed by atoms with Crippen molar-refractivity contribution in [1.29, 1.82) is 0 Å². The Morgan fingerprint density at radius 2 is 1.83 bits per heavy atom. The van der Waals surface area contributed by atoms with Crippen LogP contribution in [0.15, 0.2) is 36.8 Å². The van der Waals surface area contributed by atoms with Gasteiger partial charge in [0.1, 0.15) is 5.82 Å². The van der Waals surface area contributed by atoms with Crippen LogP contribution in [0.5, 0.6) is 0 Å². The second-order valence-electron chi connectivity index (χ2n) is 7.20. The van der Waals surface area contributed by atoms with Crippen LogP contribution < -0.4 is 5.32 Å². The summed E-state index contributed by atoms with van der Waals surface area (Å²) in [5.74, 6) is 1.35. The Labute approximate surface area is 142 Å². The van der Waals surface area contributed by atoms with Gasteiger partial charge >= 0.3 is 0 Å². The lowest BCUT2D eigenvalue weighted by molar-refractivity contribution is -0.0471. The number of anilines is 2. The molecule has 6 heteroatoms. The van der Waals surface area contributed by atoms with Crippen molar-refractivity contribution in [3.63, 3.8) is 0 Å². The van der Waals surface area contributed by atoms with E-state index in [1.165, 1.54) is 44.6 Å². The molecule has 24 heavy (non-hydrogen) atoms. The molecule has 0 saturated carbocycles. The molecule has 0 aliphatic carbocycles. The molecule has 0 atom stereocenters. The average molecular weight is 324 g/mol. The van der Waals surface area contributed by atoms with Gasteiger partial charge in [0.05, 0.1) is 0 Å². The van der Waals surface area contributed by atoms with Crippen LogP contribution in [0.4, 0.5) is 11.8 Å². The maximum Gasteiger partial charge on any atom is 0.228 e. The van der Waals surface area contributed by atoms with Crippen molar-refractivity contribution in [3.05, 3.63) is 42.4 Å². The average Bonchev–Trinajstić information content (AvgIpc) is 2.58. The van der Waals surface area contributed by atoms with Crippen LogP contribution in [0.1, 0.15) is 18.4 Å². The van der Waals surface area contributed by atoms with Crippen LogP contribution in [-0.4, -0.2) is 58.0 Å². The van der Waals surface area contributed by atoms with Crippen LogP contribution in [0.2, 0.25) is 0 Å². The molecule has 0 aromatic carbocycles. The molecule has 0 amide bonds. The van der Waals surface area contributed by atoms with E-state index >= 15 is 0 Å². The van der Waals surface area contributed by atoms with E-state index in [1.54, 1.807) is 18.5 Å². The van der Waals surface area contributed by atoms with E-state index in [2.05, 4.69) is 43.2 Å². The number of hydrogen-bond donors (Lipinski definition) is 1. The Balaban J connectivity index is 1.29. The van der Waals surface area contributed by atoms with Crippen molar-refractivity contribution in [2.75, 3.05) is 38.5 Å². The first-order valence-corrected chi connectivity index (χ1v) is 8.61. The van der Waals surface area contributed by atoms with Gasteiger partial charge in [-0.15, -0.1) is 0 Å². The lowest BCUT2D eigenvalue weighted by Gasteiger charge is -2.54. The minimum atomic E-state index is 0.574. The molecule has 2 aliphatic rings. The topological polar surface area (TPSA) is 57.2 Å². The quantitative estimate of drug-likeness (QED) is 0.930. The Kier molecular flexibility index (Phi) is 4.16. The number of pyridine rings is 1. The number of nitrogens with zero attached hydrogens (tertiary/aromatic N) is 5. The standard InChI is InChI=1S/C18H24N6/c1-23-9-5-18(6-10-23)13-24(14-18)12-15-3-4-16(21-11-15)22-17-19-7-2-8-20-17/h2-4,7-8,11H,5-6,9-10,12-14H2,1H3,(H,19,20,21,22). The molecule has 1 spiro atoms. The molecular formula is C18H24N6. The molecule has 2 aromatic heterocycles. The van der Waals surface area contributed by atoms with Crippen molar-refractivity contribution in [2.24, 2.45) is 5.41 Å². The number of nitrogens with one attached hydrogen (secondary N) is 1. The lowest BCUT2D eigenvalue weighted by atomic mass is 9.72. The van der Waals surface area contributed by atoms with Gasteiger partial charge < -0.3 is 10.2 Å². The van der Waals surface area contributed by atoms with Gasteiger partial charge in [-0.25, -0.2) is 15.0 Å². The fourth-order valence-corrected chi connectivity index (χ4v) is 3.75. The van der Waals surface area contributed by atoms with Crippen molar-refractivity contribution in [2.45, 2.75) is 19.4 Å². The van der Waals surface area contributed by atoms with Gasteiger partial charge in [-0.05, 0) is 56.1 Å². The normalized spacial score (nSPS) is 20.7. The SMILES string of the molecule is CN1CCC2(CC1)CN(Cc1ccc(Nc3ncccn3)nc1)C2. The smallest absolute Gasteiger partial charge is 0.228 e. The molecule has 1 N–H and O–H groups in total. The third-order valence-corrected chi connectivity index (χ3v) is 5.20. The highest BCUT2D eigenvalue weighted by Crippen LogP contribution is 2.40. The number of rotatable bonds is 4. The Morgan fingerprint density at radius 1 is 1.08 bits per heavy atom. The maximum absolute atomic E-state index is 4.47. The summed E-state index contributed by atoms with van der Waals surface area (Å²) in [5.41, 5.74) is 1.85. The van der Waals surface area contributed by atoms with E-state index in [9.17, 15) is 0 Å². The van der Waals surface area contributed by atoms with Gasteiger partial charge in [-0.2, -0.15) is 0 Å². The van der Waals surface area contributed by atoms with Gasteiger partial charge in [0.15, 0.2) is 0 Å². The zero-order chi connectivity index (χ0) is 16.4. The first-order valence-electron chi connectivity index (χ1n) is 8.61. The highest BCUT2D eigenvalue weighted by atomic mass is 15.2. The van der Waals surface area contributed by atoms with Crippen LogP contribution in [0.3, 0.4) is 0 Å². The number of likely N-dealkylation sites (tertiary alicyclic amines) is 2. The molecule has 2 aromatic rings. The fourth-order valence-electron chi connectivity index (χ4n) is 3.75. The predicted octanol–water partition coefficient (Wildman–Crippen LogP) is 2.14. The van der Waals surface area contributed by atoms with E-state index in [0.717, 1.165) is 12.4 Å². The maximum atomic E-state index is 4.47. The van der Waals surface area contributed by atoms with Gasteiger partial charge in [-0.1, -0.05) is 6.07 Å². The summed E-state index contributed by atoms with van der Waals surface area (Å²) in [6.07, 6.45) is 8.07. The molecule has 4 rings (SSSR count). The van der Waals surface area contributed by atoms with Gasteiger partial charge in [0.2, 0.25) is 5.95 Å². The summed E-state index contributed by atoms with van der Waals surface area (Å²) in [5, 5.41) is 3.11. The van der Waals surface area contributed by atoms with Crippen LogP contribution in [0, 0.1) is 5.41 Å². The zero-order valence-corrected chi connectivity index (χ0v) is 14.1. The second-order valence-corrected chi connectivity index (χ2v) is 7.20. The highest BCUT2D eigenvalue weighted by molar-refractivity contribution is 5.47. The summed E-state index contributed by atoms with van der Waals surface area (Å²) in [4.78, 5) is 17.8. The Bertz CT molecular complexity index is 656. The van der Waals surface area contributed by atoms with Crippen LogP contribution in [0.25, 0.3) is 0 Å². The van der Waals surface area contributed by atoms with E-state index in [-0.39, 0.29) is 0 Å². The summed E-state index contributed by atoms with van der Waals surface area (Å²) in [6, 6.07) is 5.93. The number of piperidine rings is 1. The fraction of sp³-hybridized carbons (Fsp3) is 0.500. The second kappa shape index (κ2) is 6.45. The van der Waals surface area contributed by atoms with E-state index < -0.39 is 0 Å². The Morgan fingerprint density at radius 3 is 2.50 bits per heavy atom. The third-order valence-electron chi connectivity index (χ3n) is 5.20. The minimum absolute atomic E-state index is 0.574. The first-order chi connectivity index (χ1) is 11.7. The van der Waals surface area contributed by atoms with Crippen molar-refractivity contribution < 1.29 is 0 Å². The van der Waals surface area contributed by atoms with E-state index in [4.69, 9.17) is 0 Å². The molecule has 0 unspecified atom stereocenters. The molecule has 2 saturated heterocycles. The molecule has 0 bridgehead atoms. The summed E-state index contributed by atoms with van der Waals surface area (Å²) in [6.45, 7) is 5.96. The highest BCUT2D eigenvalue weighted by Gasteiger charge is 2.43. The molecule has 2 fully saturated rings. The molecule has 2 aliphatic heterocycles. The van der Waals surface area contributed by atoms with Gasteiger partial charge in [0.25, 0.3) is 0 Å². The molecular weight excluding hydrogens is 300 g/mol. The molecule has 6 nitrogen and oxygen atoms in total. The van der Waals surface area contributed by atoms with Crippen LogP contribution in [-0.2, 0) is 6.54 Å². The summed E-state index contributed by atoms with van der Waals surface area (Å²) in [7, 11) is 2.23. The minimum Gasteiger partial charge on any atom is -0.309 e. The van der Waals surface area contributed by atoms with Crippen LogP contribution >= 0.6 is 0 Å². The third kappa shape index (κ3) is 3.39. The van der Waals surface area contributed by atoms with Crippen molar-refractivity contribution >= 4 is 11.8 Å². The van der Waals surface area contributed by atoms with Crippen molar-refractivity contribution in [1.82, 2.24) is 24.8 Å². The van der Waals surface area contributed by atoms with E-state index in [1.807, 2.05) is 12.3 Å². The molecule has 4 heterocycles. The van der Waals surface area contributed by atoms with Gasteiger partial charge in [-0.3, -0.25) is 4.90 Å². The monoisotopic (exact) mass is 324 g/mol. The summed E-state index contributed by atoms with van der Waals surface area (Å²) < 4.78 is 0.